The zero-order valence-corrected chi connectivity index (χ0v) is 12.3. The number of nitrogens with one attached hydrogen (secondary N) is 1. The summed E-state index contributed by atoms with van der Waals surface area (Å²) in [6.07, 6.45) is 3.40. The summed E-state index contributed by atoms with van der Waals surface area (Å²) >= 11 is 0. The van der Waals surface area contributed by atoms with Crippen LogP contribution in [-0.4, -0.2) is 46.6 Å². The molecule has 1 aliphatic rings. The quantitative estimate of drug-likeness (QED) is 0.794. The van der Waals surface area contributed by atoms with E-state index in [1.807, 2.05) is 0 Å². The molecular formula is C14H26N2O3. The van der Waals surface area contributed by atoms with Gasteiger partial charge in [-0.1, -0.05) is 20.3 Å². The average Bonchev–Trinajstić information content (AvgIpc) is 2.30. The van der Waals surface area contributed by atoms with E-state index in [0.29, 0.717) is 18.6 Å². The maximum absolute atomic E-state index is 12.0. The summed E-state index contributed by atoms with van der Waals surface area (Å²) in [7, 11) is 0. The van der Waals surface area contributed by atoms with Crippen LogP contribution in [0.1, 0.15) is 47.0 Å². The van der Waals surface area contributed by atoms with Gasteiger partial charge in [-0.15, -0.1) is 0 Å². The standard InChI is InChI=1S/C14H26N2O3/c1-9(2)13(14(18)19)15-12(17)8-16-10(3)6-5-7-11(16)4/h9-11,13H,5-8H2,1-4H3,(H,15,17)(H,18,19). The van der Waals surface area contributed by atoms with E-state index in [9.17, 15) is 9.59 Å². The van der Waals surface area contributed by atoms with Crippen molar-refractivity contribution in [1.82, 2.24) is 10.2 Å². The number of piperidine rings is 1. The minimum absolute atomic E-state index is 0.113. The van der Waals surface area contributed by atoms with Gasteiger partial charge in [-0.05, 0) is 32.6 Å². The maximum atomic E-state index is 12.0. The lowest BCUT2D eigenvalue weighted by Crippen LogP contribution is -2.52. The third-order valence-electron chi connectivity index (χ3n) is 3.95. The first-order chi connectivity index (χ1) is 8.82. The van der Waals surface area contributed by atoms with Crippen LogP contribution >= 0.6 is 0 Å². The molecule has 0 aromatic rings. The van der Waals surface area contributed by atoms with Gasteiger partial charge in [0.2, 0.25) is 5.91 Å². The van der Waals surface area contributed by atoms with Crippen LogP contribution < -0.4 is 5.32 Å². The van der Waals surface area contributed by atoms with Gasteiger partial charge in [-0.3, -0.25) is 9.69 Å². The number of hydrogen-bond acceptors (Lipinski definition) is 3. The number of rotatable bonds is 5. The molecule has 0 spiro atoms. The molecule has 0 bridgehead atoms. The molecule has 0 saturated carbocycles. The molecule has 1 amide bonds. The van der Waals surface area contributed by atoms with E-state index in [-0.39, 0.29) is 11.8 Å². The van der Waals surface area contributed by atoms with Crippen molar-refractivity contribution in [3.05, 3.63) is 0 Å². The largest absolute Gasteiger partial charge is 0.480 e. The Morgan fingerprint density at radius 1 is 1.26 bits per heavy atom. The maximum Gasteiger partial charge on any atom is 0.326 e. The molecule has 0 aromatic carbocycles. The van der Waals surface area contributed by atoms with Crippen molar-refractivity contribution in [3.63, 3.8) is 0 Å². The van der Waals surface area contributed by atoms with Crippen LogP contribution in [0.2, 0.25) is 0 Å². The predicted octanol–water partition coefficient (Wildman–Crippen LogP) is 1.47. The smallest absolute Gasteiger partial charge is 0.326 e. The van der Waals surface area contributed by atoms with Crippen molar-refractivity contribution < 1.29 is 14.7 Å². The van der Waals surface area contributed by atoms with Gasteiger partial charge < -0.3 is 10.4 Å². The van der Waals surface area contributed by atoms with Crippen molar-refractivity contribution in [2.75, 3.05) is 6.54 Å². The Balaban J connectivity index is 2.56. The first-order valence-corrected chi connectivity index (χ1v) is 7.10. The van der Waals surface area contributed by atoms with Crippen LogP contribution in [-0.2, 0) is 9.59 Å². The number of likely N-dealkylation sites (tertiary alicyclic amines) is 1. The minimum Gasteiger partial charge on any atom is -0.480 e. The lowest BCUT2D eigenvalue weighted by atomic mass is 9.97. The third kappa shape index (κ3) is 4.49. The van der Waals surface area contributed by atoms with Crippen molar-refractivity contribution >= 4 is 11.9 Å². The summed E-state index contributed by atoms with van der Waals surface area (Å²) in [6.45, 7) is 8.13. The minimum atomic E-state index is -0.969. The zero-order valence-electron chi connectivity index (χ0n) is 12.3. The Morgan fingerprint density at radius 2 is 1.79 bits per heavy atom. The van der Waals surface area contributed by atoms with Crippen molar-refractivity contribution in [2.45, 2.75) is 65.1 Å². The number of aliphatic carboxylic acids is 1. The van der Waals surface area contributed by atoms with Gasteiger partial charge in [0.05, 0.1) is 6.54 Å². The molecule has 1 aliphatic heterocycles. The van der Waals surface area contributed by atoms with Crippen LogP contribution in [0.25, 0.3) is 0 Å². The number of nitrogens with zero attached hydrogens (tertiary/aromatic N) is 1. The summed E-state index contributed by atoms with van der Waals surface area (Å²) in [4.78, 5) is 25.2. The second-order valence-corrected chi connectivity index (χ2v) is 5.93. The van der Waals surface area contributed by atoms with Crippen LogP contribution in [0.5, 0.6) is 0 Å². The summed E-state index contributed by atoms with van der Waals surface area (Å²) in [6, 6.07) is -0.0310. The van der Waals surface area contributed by atoms with Gasteiger partial charge in [0.15, 0.2) is 0 Å². The molecule has 1 rings (SSSR count). The highest BCUT2D eigenvalue weighted by atomic mass is 16.4. The van der Waals surface area contributed by atoms with E-state index in [1.165, 1.54) is 6.42 Å². The predicted molar refractivity (Wildman–Crippen MR) is 73.9 cm³/mol. The molecule has 1 saturated heterocycles. The molecule has 1 fully saturated rings. The number of hydrogen-bond donors (Lipinski definition) is 2. The number of carboxylic acid groups (broad SMARTS) is 1. The Bertz CT molecular complexity index is 321. The van der Waals surface area contributed by atoms with Crippen LogP contribution in [0, 0.1) is 5.92 Å². The molecular weight excluding hydrogens is 244 g/mol. The second-order valence-electron chi connectivity index (χ2n) is 5.93. The third-order valence-corrected chi connectivity index (χ3v) is 3.95. The number of carbonyl (C=O) groups is 2. The summed E-state index contributed by atoms with van der Waals surface area (Å²) in [5.74, 6) is -1.28. The van der Waals surface area contributed by atoms with Gasteiger partial charge in [0.25, 0.3) is 0 Å². The van der Waals surface area contributed by atoms with E-state index < -0.39 is 12.0 Å². The van der Waals surface area contributed by atoms with Crippen molar-refractivity contribution in [3.8, 4) is 0 Å². The monoisotopic (exact) mass is 270 g/mol. The Morgan fingerprint density at radius 3 is 2.21 bits per heavy atom. The number of carboxylic acids is 1. The molecule has 1 heterocycles. The molecule has 3 unspecified atom stereocenters. The normalized spacial score (nSPS) is 26.2. The fourth-order valence-corrected chi connectivity index (χ4v) is 2.68. The van der Waals surface area contributed by atoms with E-state index in [4.69, 9.17) is 5.11 Å². The number of amides is 1. The van der Waals surface area contributed by atoms with Gasteiger partial charge >= 0.3 is 5.97 Å². The van der Waals surface area contributed by atoms with Crippen LogP contribution in [0.4, 0.5) is 0 Å². The molecule has 110 valence electrons. The van der Waals surface area contributed by atoms with E-state index in [0.717, 1.165) is 12.8 Å². The fraction of sp³-hybridized carbons (Fsp3) is 0.857. The van der Waals surface area contributed by atoms with Crippen molar-refractivity contribution in [1.29, 1.82) is 0 Å². The molecule has 5 nitrogen and oxygen atoms in total. The highest BCUT2D eigenvalue weighted by molar-refractivity contribution is 5.84. The average molecular weight is 270 g/mol. The fourth-order valence-electron chi connectivity index (χ4n) is 2.68. The Kier molecular flexibility index (Phi) is 5.79. The highest BCUT2D eigenvalue weighted by Crippen LogP contribution is 2.21. The van der Waals surface area contributed by atoms with Gasteiger partial charge in [0.1, 0.15) is 6.04 Å². The first kappa shape index (κ1) is 16.0. The molecule has 0 aliphatic carbocycles. The molecule has 5 heteroatoms. The van der Waals surface area contributed by atoms with Crippen molar-refractivity contribution in [2.24, 2.45) is 5.92 Å². The Hall–Kier alpha value is -1.10. The van der Waals surface area contributed by atoms with Gasteiger partial charge in [-0.25, -0.2) is 4.79 Å². The van der Waals surface area contributed by atoms with E-state index in [2.05, 4.69) is 24.1 Å². The van der Waals surface area contributed by atoms with E-state index >= 15 is 0 Å². The summed E-state index contributed by atoms with van der Waals surface area (Å²) in [5.41, 5.74) is 0. The Labute approximate surface area is 115 Å². The van der Waals surface area contributed by atoms with E-state index in [1.54, 1.807) is 13.8 Å². The molecule has 3 atom stereocenters. The number of carbonyl (C=O) groups excluding carboxylic acids is 1. The first-order valence-electron chi connectivity index (χ1n) is 7.10. The van der Waals surface area contributed by atoms with Gasteiger partial charge in [0, 0.05) is 12.1 Å². The lowest BCUT2D eigenvalue weighted by Gasteiger charge is -2.38. The van der Waals surface area contributed by atoms with Crippen LogP contribution in [0.15, 0.2) is 0 Å². The highest BCUT2D eigenvalue weighted by Gasteiger charge is 2.29. The molecule has 0 radical (unpaired) electrons. The molecule has 2 N–H and O–H groups in total. The molecule has 19 heavy (non-hydrogen) atoms. The SMILES string of the molecule is CC(C)C(NC(=O)CN1C(C)CCCC1C)C(=O)O. The second kappa shape index (κ2) is 6.89. The summed E-state index contributed by atoms with van der Waals surface area (Å²) in [5, 5.41) is 11.7. The summed E-state index contributed by atoms with van der Waals surface area (Å²) < 4.78 is 0. The lowest BCUT2D eigenvalue weighted by molar-refractivity contribution is -0.143. The van der Waals surface area contributed by atoms with Gasteiger partial charge in [-0.2, -0.15) is 0 Å². The zero-order chi connectivity index (χ0) is 14.6. The topological polar surface area (TPSA) is 69.6 Å². The molecule has 0 aromatic heterocycles. The van der Waals surface area contributed by atoms with Crippen LogP contribution in [0.3, 0.4) is 0 Å².